The van der Waals surface area contributed by atoms with Crippen LogP contribution in [0.3, 0.4) is 0 Å². The summed E-state index contributed by atoms with van der Waals surface area (Å²) in [6.07, 6.45) is 64.8. The second-order valence-corrected chi connectivity index (χ2v) is 19.6. The van der Waals surface area contributed by atoms with Gasteiger partial charge in [-0.05, 0) is 57.8 Å². The SMILES string of the molecule is CCCCC/C=C\CCCCCCCC(=O)OCCCCCCCCCCCCCCCCCCCCC(=O)NC(CO)C(O)/C=C/CCCCCCCCCCCCCCCCC. The van der Waals surface area contributed by atoms with Gasteiger partial charge in [0, 0.05) is 12.8 Å². The summed E-state index contributed by atoms with van der Waals surface area (Å²) in [6.45, 7) is 4.88. The average molecular weight is 903 g/mol. The Morgan fingerprint density at radius 2 is 0.734 bits per heavy atom. The molecule has 0 bridgehead atoms. The Kier molecular flexibility index (Phi) is 52.6. The maximum atomic E-state index is 12.5. The van der Waals surface area contributed by atoms with Gasteiger partial charge in [-0.1, -0.05) is 263 Å². The monoisotopic (exact) mass is 902 g/mol. The van der Waals surface area contributed by atoms with E-state index in [1.165, 1.54) is 238 Å². The van der Waals surface area contributed by atoms with Crippen LogP contribution in [0.1, 0.15) is 309 Å². The molecule has 2 unspecified atom stereocenters. The summed E-state index contributed by atoms with van der Waals surface area (Å²) in [7, 11) is 0. The average Bonchev–Trinajstić information content (AvgIpc) is 3.29. The molecule has 3 N–H and O–H groups in total. The van der Waals surface area contributed by atoms with Crippen LogP contribution in [0.4, 0.5) is 0 Å². The van der Waals surface area contributed by atoms with Crippen LogP contribution in [0, 0.1) is 0 Å². The fraction of sp³-hybridized carbons (Fsp3) is 0.897. The molecule has 0 aromatic heterocycles. The third-order valence-corrected chi connectivity index (χ3v) is 13.2. The van der Waals surface area contributed by atoms with Crippen molar-refractivity contribution in [2.75, 3.05) is 13.2 Å². The van der Waals surface area contributed by atoms with E-state index >= 15 is 0 Å². The number of rotatable bonds is 53. The number of hydrogen-bond acceptors (Lipinski definition) is 5. The molecule has 0 aliphatic rings. The zero-order chi connectivity index (χ0) is 46.5. The van der Waals surface area contributed by atoms with Gasteiger partial charge in [-0.3, -0.25) is 9.59 Å². The van der Waals surface area contributed by atoms with Gasteiger partial charge in [-0.2, -0.15) is 0 Å². The van der Waals surface area contributed by atoms with Crippen LogP contribution in [0.25, 0.3) is 0 Å². The standard InChI is InChI=1S/C58H111NO5/c1-3-5-7-9-11-13-15-17-18-21-24-27-30-34-38-42-46-50-56(61)55(54-60)59-57(62)51-47-43-39-35-31-28-25-22-19-20-23-26-29-33-37-41-45-49-53-64-58(63)52-48-44-40-36-32-16-14-12-10-8-6-4-2/h12,14,46,50,55-56,60-61H,3-11,13,15-45,47-49,51-54H2,1-2H3,(H,59,62)/b14-12-,50-46+. The molecule has 2 atom stereocenters. The number of carbonyl (C=O) groups excluding carboxylic acids is 2. The van der Waals surface area contributed by atoms with Crippen molar-refractivity contribution in [2.45, 2.75) is 321 Å². The van der Waals surface area contributed by atoms with E-state index < -0.39 is 12.1 Å². The third-order valence-electron chi connectivity index (χ3n) is 13.2. The fourth-order valence-electron chi connectivity index (χ4n) is 8.81. The molecule has 1 amide bonds. The molecular weight excluding hydrogens is 791 g/mol. The van der Waals surface area contributed by atoms with E-state index in [-0.39, 0.29) is 18.5 Å². The Balaban J connectivity index is 3.45. The van der Waals surface area contributed by atoms with Crippen molar-refractivity contribution < 1.29 is 24.5 Å². The molecule has 378 valence electrons. The van der Waals surface area contributed by atoms with E-state index in [0.29, 0.717) is 19.4 Å². The van der Waals surface area contributed by atoms with Gasteiger partial charge in [-0.25, -0.2) is 0 Å². The van der Waals surface area contributed by atoms with Gasteiger partial charge in [0.1, 0.15) is 0 Å². The molecule has 0 radical (unpaired) electrons. The molecular formula is C58H111NO5. The van der Waals surface area contributed by atoms with Gasteiger partial charge in [0.05, 0.1) is 25.4 Å². The van der Waals surface area contributed by atoms with Crippen LogP contribution in [0.15, 0.2) is 24.3 Å². The van der Waals surface area contributed by atoms with Crippen molar-refractivity contribution in [1.29, 1.82) is 0 Å². The normalized spacial score (nSPS) is 12.8. The molecule has 0 saturated carbocycles. The minimum absolute atomic E-state index is 0.00351. The minimum atomic E-state index is -0.847. The minimum Gasteiger partial charge on any atom is -0.466 e. The molecule has 0 aromatic carbocycles. The number of nitrogens with one attached hydrogen (secondary N) is 1. The van der Waals surface area contributed by atoms with Gasteiger partial charge in [0.2, 0.25) is 5.91 Å². The highest BCUT2D eigenvalue weighted by molar-refractivity contribution is 5.76. The predicted molar refractivity (Wildman–Crippen MR) is 278 cm³/mol. The molecule has 6 heteroatoms. The van der Waals surface area contributed by atoms with E-state index in [1.54, 1.807) is 6.08 Å². The first kappa shape index (κ1) is 62.3. The lowest BCUT2D eigenvalue weighted by Gasteiger charge is -2.20. The highest BCUT2D eigenvalue weighted by Gasteiger charge is 2.18. The molecule has 0 aromatic rings. The fourth-order valence-corrected chi connectivity index (χ4v) is 8.81. The van der Waals surface area contributed by atoms with Crippen molar-refractivity contribution in [3.8, 4) is 0 Å². The first-order chi connectivity index (χ1) is 31.5. The maximum Gasteiger partial charge on any atom is 0.305 e. The molecule has 0 rings (SSSR count). The zero-order valence-corrected chi connectivity index (χ0v) is 43.0. The number of hydrogen-bond donors (Lipinski definition) is 3. The summed E-state index contributed by atoms with van der Waals surface area (Å²) >= 11 is 0. The van der Waals surface area contributed by atoms with Crippen molar-refractivity contribution >= 4 is 11.9 Å². The number of ether oxygens (including phenoxy) is 1. The molecule has 0 saturated heterocycles. The number of aliphatic hydroxyl groups excluding tert-OH is 2. The first-order valence-electron chi connectivity index (χ1n) is 28.6. The molecule has 0 heterocycles. The molecule has 64 heavy (non-hydrogen) atoms. The largest absolute Gasteiger partial charge is 0.466 e. The predicted octanol–water partition coefficient (Wildman–Crippen LogP) is 17.5. The van der Waals surface area contributed by atoms with Crippen molar-refractivity contribution in [3.63, 3.8) is 0 Å². The Labute approximate surface area is 399 Å². The number of carbonyl (C=O) groups is 2. The molecule has 0 aliphatic heterocycles. The Morgan fingerprint density at radius 1 is 0.422 bits per heavy atom. The Bertz CT molecular complexity index is 997. The molecule has 0 aliphatic carbocycles. The third kappa shape index (κ3) is 49.8. The summed E-state index contributed by atoms with van der Waals surface area (Å²) in [4.78, 5) is 24.5. The second-order valence-electron chi connectivity index (χ2n) is 19.6. The van der Waals surface area contributed by atoms with Gasteiger partial charge in [-0.15, -0.1) is 0 Å². The lowest BCUT2D eigenvalue weighted by Crippen LogP contribution is -2.45. The zero-order valence-electron chi connectivity index (χ0n) is 43.0. The maximum absolute atomic E-state index is 12.5. The van der Waals surface area contributed by atoms with Crippen LogP contribution < -0.4 is 5.32 Å². The lowest BCUT2D eigenvalue weighted by molar-refractivity contribution is -0.143. The Hall–Kier alpha value is -1.66. The number of unbranched alkanes of at least 4 members (excludes halogenated alkanes) is 40. The van der Waals surface area contributed by atoms with Crippen LogP contribution in [0.5, 0.6) is 0 Å². The van der Waals surface area contributed by atoms with Gasteiger partial charge in [0.25, 0.3) is 0 Å². The lowest BCUT2D eigenvalue weighted by atomic mass is 10.0. The van der Waals surface area contributed by atoms with E-state index in [1.807, 2.05) is 6.08 Å². The number of esters is 1. The summed E-state index contributed by atoms with van der Waals surface area (Å²) in [6, 6.07) is -0.631. The van der Waals surface area contributed by atoms with Gasteiger partial charge < -0.3 is 20.3 Å². The molecule has 6 nitrogen and oxygen atoms in total. The number of amides is 1. The van der Waals surface area contributed by atoms with E-state index in [9.17, 15) is 19.8 Å². The second kappa shape index (κ2) is 54.0. The van der Waals surface area contributed by atoms with Gasteiger partial charge in [0.15, 0.2) is 0 Å². The number of allylic oxidation sites excluding steroid dienone is 3. The summed E-state index contributed by atoms with van der Waals surface area (Å²) in [5.41, 5.74) is 0. The van der Waals surface area contributed by atoms with Crippen LogP contribution in [-0.2, 0) is 14.3 Å². The van der Waals surface area contributed by atoms with Crippen molar-refractivity contribution in [3.05, 3.63) is 24.3 Å². The highest BCUT2D eigenvalue weighted by Crippen LogP contribution is 2.17. The first-order valence-corrected chi connectivity index (χ1v) is 28.6. The summed E-state index contributed by atoms with van der Waals surface area (Å²) in [5, 5.41) is 23.1. The summed E-state index contributed by atoms with van der Waals surface area (Å²) < 4.78 is 5.46. The molecule has 0 spiro atoms. The van der Waals surface area contributed by atoms with E-state index in [2.05, 4.69) is 31.3 Å². The summed E-state index contributed by atoms with van der Waals surface area (Å²) in [5.74, 6) is -0.0740. The van der Waals surface area contributed by atoms with Crippen LogP contribution in [0.2, 0.25) is 0 Å². The van der Waals surface area contributed by atoms with Gasteiger partial charge >= 0.3 is 5.97 Å². The van der Waals surface area contributed by atoms with E-state index in [0.717, 1.165) is 44.9 Å². The Morgan fingerprint density at radius 3 is 1.14 bits per heavy atom. The van der Waals surface area contributed by atoms with Crippen LogP contribution >= 0.6 is 0 Å². The van der Waals surface area contributed by atoms with Crippen molar-refractivity contribution in [1.82, 2.24) is 5.32 Å². The van der Waals surface area contributed by atoms with Crippen molar-refractivity contribution in [2.24, 2.45) is 0 Å². The topological polar surface area (TPSA) is 95.9 Å². The smallest absolute Gasteiger partial charge is 0.305 e. The molecule has 0 fully saturated rings. The highest BCUT2D eigenvalue weighted by atomic mass is 16.5. The number of aliphatic hydroxyl groups is 2. The van der Waals surface area contributed by atoms with E-state index in [4.69, 9.17) is 4.74 Å². The quantitative estimate of drug-likeness (QED) is 0.0321. The van der Waals surface area contributed by atoms with Crippen LogP contribution in [-0.4, -0.2) is 47.4 Å².